The summed E-state index contributed by atoms with van der Waals surface area (Å²) >= 11 is 0. The Kier molecular flexibility index (Phi) is 5.06. The molecule has 0 spiro atoms. The van der Waals surface area contributed by atoms with Crippen molar-refractivity contribution in [1.29, 1.82) is 0 Å². The predicted octanol–water partition coefficient (Wildman–Crippen LogP) is 3.51. The van der Waals surface area contributed by atoms with E-state index >= 15 is 0 Å². The fourth-order valence-electron chi connectivity index (χ4n) is 3.00. The van der Waals surface area contributed by atoms with Gasteiger partial charge in [0.25, 0.3) is 0 Å². The van der Waals surface area contributed by atoms with E-state index in [-0.39, 0.29) is 12.3 Å². The summed E-state index contributed by atoms with van der Waals surface area (Å²) in [5.41, 5.74) is 2.66. The minimum Gasteiger partial charge on any atom is -0.490 e. The SMILES string of the molecule is CC(C)c1ccc(-c2nnn(CC(=O)c3ccc4c(c3)OCCCO4)n2)cc1. The third-order valence-electron chi connectivity index (χ3n) is 4.64. The van der Waals surface area contributed by atoms with Crippen LogP contribution < -0.4 is 9.47 Å². The molecule has 1 aromatic heterocycles. The highest BCUT2D eigenvalue weighted by atomic mass is 16.5. The minimum absolute atomic E-state index is 0.0106. The van der Waals surface area contributed by atoms with Gasteiger partial charge in [0.05, 0.1) is 13.2 Å². The van der Waals surface area contributed by atoms with Crippen LogP contribution in [0.3, 0.4) is 0 Å². The molecule has 0 fully saturated rings. The molecule has 0 aliphatic carbocycles. The summed E-state index contributed by atoms with van der Waals surface area (Å²) < 4.78 is 11.3. The van der Waals surface area contributed by atoms with Crippen molar-refractivity contribution >= 4 is 5.78 Å². The minimum atomic E-state index is -0.116. The zero-order valence-electron chi connectivity index (χ0n) is 16.0. The molecule has 7 nitrogen and oxygen atoms in total. The van der Waals surface area contributed by atoms with Gasteiger partial charge in [-0.3, -0.25) is 4.79 Å². The fraction of sp³-hybridized carbons (Fsp3) is 0.333. The fourth-order valence-corrected chi connectivity index (χ4v) is 3.00. The van der Waals surface area contributed by atoms with Crippen molar-refractivity contribution in [3.63, 3.8) is 0 Å². The highest BCUT2D eigenvalue weighted by Crippen LogP contribution is 2.30. The molecular formula is C21H22N4O3. The summed E-state index contributed by atoms with van der Waals surface area (Å²) in [4.78, 5) is 13.9. The van der Waals surface area contributed by atoms with E-state index in [0.29, 0.717) is 42.0 Å². The van der Waals surface area contributed by atoms with E-state index in [2.05, 4.69) is 41.4 Å². The summed E-state index contributed by atoms with van der Waals surface area (Å²) in [6.45, 7) is 5.50. The number of ether oxygens (including phenoxy) is 2. The molecule has 0 atom stereocenters. The molecule has 0 unspecified atom stereocenters. The third-order valence-corrected chi connectivity index (χ3v) is 4.64. The van der Waals surface area contributed by atoms with Crippen molar-refractivity contribution in [2.45, 2.75) is 32.7 Å². The molecule has 0 saturated carbocycles. The maximum Gasteiger partial charge on any atom is 0.204 e. The maximum atomic E-state index is 12.6. The monoisotopic (exact) mass is 378 g/mol. The van der Waals surface area contributed by atoms with Crippen LogP contribution in [0.5, 0.6) is 11.5 Å². The van der Waals surface area contributed by atoms with Crippen LogP contribution in [-0.2, 0) is 6.54 Å². The van der Waals surface area contributed by atoms with Gasteiger partial charge in [0, 0.05) is 17.5 Å². The lowest BCUT2D eigenvalue weighted by Crippen LogP contribution is -2.13. The first kappa shape index (κ1) is 18.2. The van der Waals surface area contributed by atoms with Gasteiger partial charge in [-0.1, -0.05) is 38.1 Å². The number of Topliss-reactive ketones (excluding diaryl/α,β-unsaturated/α-hetero) is 1. The summed E-state index contributed by atoms with van der Waals surface area (Å²) in [6.07, 6.45) is 0.821. The van der Waals surface area contributed by atoms with Gasteiger partial charge in [0.1, 0.15) is 6.54 Å². The Morgan fingerprint density at radius 3 is 2.57 bits per heavy atom. The Morgan fingerprint density at radius 2 is 1.82 bits per heavy atom. The van der Waals surface area contributed by atoms with E-state index in [4.69, 9.17) is 9.47 Å². The number of benzene rings is 2. The molecule has 2 heterocycles. The first-order valence-electron chi connectivity index (χ1n) is 9.41. The normalized spacial score (nSPS) is 13.4. The second-order valence-electron chi connectivity index (χ2n) is 7.06. The average Bonchev–Trinajstić information content (AvgIpc) is 3.03. The van der Waals surface area contributed by atoms with Crippen LogP contribution in [0.1, 0.15) is 42.1 Å². The van der Waals surface area contributed by atoms with Crippen LogP contribution in [-0.4, -0.2) is 39.2 Å². The Labute approximate surface area is 163 Å². The maximum absolute atomic E-state index is 12.6. The van der Waals surface area contributed by atoms with Crippen LogP contribution in [0.15, 0.2) is 42.5 Å². The molecule has 4 rings (SSSR count). The number of nitrogens with zero attached hydrogens (tertiary/aromatic N) is 4. The molecule has 1 aliphatic heterocycles. The molecule has 0 bridgehead atoms. The standard InChI is InChI=1S/C21H22N4O3/c1-14(2)15-4-6-16(7-5-15)21-22-24-25(23-21)13-18(26)17-8-9-19-20(12-17)28-11-3-10-27-19/h4-9,12,14H,3,10-11,13H2,1-2H3. The second kappa shape index (κ2) is 7.80. The van der Waals surface area contributed by atoms with Gasteiger partial charge in [0.2, 0.25) is 5.82 Å². The Morgan fingerprint density at radius 1 is 1.07 bits per heavy atom. The number of hydrogen-bond acceptors (Lipinski definition) is 6. The number of carbonyl (C=O) groups excluding carboxylic acids is 1. The van der Waals surface area contributed by atoms with Crippen molar-refractivity contribution in [1.82, 2.24) is 20.2 Å². The predicted molar refractivity (Wildman–Crippen MR) is 104 cm³/mol. The van der Waals surface area contributed by atoms with Gasteiger partial charge < -0.3 is 9.47 Å². The lowest BCUT2D eigenvalue weighted by Gasteiger charge is -2.08. The van der Waals surface area contributed by atoms with E-state index in [9.17, 15) is 4.79 Å². The molecule has 0 saturated heterocycles. The summed E-state index contributed by atoms with van der Waals surface area (Å²) in [5.74, 6) is 2.11. The molecular weight excluding hydrogens is 356 g/mol. The van der Waals surface area contributed by atoms with Crippen LogP contribution in [0.25, 0.3) is 11.4 Å². The smallest absolute Gasteiger partial charge is 0.204 e. The lowest BCUT2D eigenvalue weighted by molar-refractivity contribution is 0.0961. The van der Waals surface area contributed by atoms with Gasteiger partial charge in [-0.2, -0.15) is 4.80 Å². The number of aromatic nitrogens is 4. The van der Waals surface area contributed by atoms with Gasteiger partial charge in [-0.25, -0.2) is 0 Å². The zero-order valence-corrected chi connectivity index (χ0v) is 16.0. The molecule has 0 radical (unpaired) electrons. The quantitative estimate of drug-likeness (QED) is 0.632. The van der Waals surface area contributed by atoms with Crippen LogP contribution in [0.2, 0.25) is 0 Å². The van der Waals surface area contributed by atoms with Gasteiger partial charge in [-0.15, -0.1) is 10.2 Å². The van der Waals surface area contributed by atoms with Gasteiger partial charge in [-0.05, 0) is 34.9 Å². The van der Waals surface area contributed by atoms with Crippen LogP contribution in [0.4, 0.5) is 0 Å². The Hall–Kier alpha value is -3.22. The van der Waals surface area contributed by atoms with Crippen LogP contribution in [0, 0.1) is 0 Å². The average molecular weight is 378 g/mol. The molecule has 2 aromatic carbocycles. The topological polar surface area (TPSA) is 79.1 Å². The van der Waals surface area contributed by atoms with Crippen molar-refractivity contribution in [2.75, 3.05) is 13.2 Å². The van der Waals surface area contributed by atoms with Gasteiger partial charge in [0.15, 0.2) is 17.3 Å². The van der Waals surface area contributed by atoms with E-state index in [1.165, 1.54) is 10.4 Å². The number of carbonyl (C=O) groups is 1. The van der Waals surface area contributed by atoms with Crippen molar-refractivity contribution in [3.8, 4) is 22.9 Å². The van der Waals surface area contributed by atoms with Crippen molar-refractivity contribution < 1.29 is 14.3 Å². The molecule has 0 amide bonds. The highest BCUT2D eigenvalue weighted by molar-refractivity contribution is 5.96. The van der Waals surface area contributed by atoms with E-state index in [1.54, 1.807) is 18.2 Å². The summed E-state index contributed by atoms with van der Waals surface area (Å²) in [6, 6.07) is 13.3. The second-order valence-corrected chi connectivity index (χ2v) is 7.06. The largest absolute Gasteiger partial charge is 0.490 e. The first-order chi connectivity index (χ1) is 13.6. The zero-order chi connectivity index (χ0) is 19.5. The number of rotatable bonds is 5. The molecule has 7 heteroatoms. The Balaban J connectivity index is 1.48. The van der Waals surface area contributed by atoms with E-state index < -0.39 is 0 Å². The number of tetrazole rings is 1. The third kappa shape index (κ3) is 3.88. The van der Waals surface area contributed by atoms with E-state index in [0.717, 1.165) is 12.0 Å². The summed E-state index contributed by atoms with van der Waals surface area (Å²) in [7, 11) is 0. The summed E-state index contributed by atoms with van der Waals surface area (Å²) in [5, 5.41) is 12.4. The molecule has 144 valence electrons. The highest BCUT2D eigenvalue weighted by Gasteiger charge is 2.16. The van der Waals surface area contributed by atoms with Crippen molar-refractivity contribution in [2.24, 2.45) is 0 Å². The molecule has 3 aromatic rings. The van der Waals surface area contributed by atoms with E-state index in [1.807, 2.05) is 12.1 Å². The van der Waals surface area contributed by atoms with Crippen LogP contribution >= 0.6 is 0 Å². The van der Waals surface area contributed by atoms with Crippen molar-refractivity contribution in [3.05, 3.63) is 53.6 Å². The molecule has 1 aliphatic rings. The number of fused-ring (bicyclic) bond motifs is 1. The molecule has 0 N–H and O–H groups in total. The number of ketones is 1. The molecule has 28 heavy (non-hydrogen) atoms. The lowest BCUT2D eigenvalue weighted by atomic mass is 10.0. The van der Waals surface area contributed by atoms with Gasteiger partial charge >= 0.3 is 0 Å². The number of hydrogen-bond donors (Lipinski definition) is 0. The Bertz CT molecular complexity index is 980. The first-order valence-corrected chi connectivity index (χ1v) is 9.41.